The van der Waals surface area contributed by atoms with Gasteiger partial charge in [-0.2, -0.15) is 0 Å². The van der Waals surface area contributed by atoms with Crippen molar-refractivity contribution in [3.05, 3.63) is 0 Å². The molecule has 1 aliphatic heterocycles. The molecule has 1 amide bonds. The molecule has 0 unspecified atom stereocenters. The van der Waals surface area contributed by atoms with E-state index in [-0.39, 0.29) is 5.91 Å². The normalized spacial score (nSPS) is 25.5. The van der Waals surface area contributed by atoms with Gasteiger partial charge in [0.1, 0.15) is 0 Å². The molecule has 0 aromatic rings. The minimum atomic E-state index is -0.681. The highest BCUT2D eigenvalue weighted by Gasteiger charge is 2.36. The van der Waals surface area contributed by atoms with Crippen molar-refractivity contribution >= 4 is 5.91 Å². The van der Waals surface area contributed by atoms with Crippen LogP contribution in [0.15, 0.2) is 0 Å². The maximum atomic E-state index is 12.0. The summed E-state index contributed by atoms with van der Waals surface area (Å²) in [6, 6.07) is 0. The molecule has 0 aromatic heterocycles. The van der Waals surface area contributed by atoms with Crippen molar-refractivity contribution in [3.63, 3.8) is 0 Å². The number of hydrogen-bond donors (Lipinski definition) is 3. The van der Waals surface area contributed by atoms with Crippen molar-refractivity contribution in [2.75, 3.05) is 19.6 Å². The number of piperidine rings is 1. The molecule has 3 N–H and O–H groups in total. The summed E-state index contributed by atoms with van der Waals surface area (Å²) in [4.78, 5) is 12.0. The molecule has 2 aliphatic rings. The lowest BCUT2D eigenvalue weighted by molar-refractivity contribution is -0.123. The van der Waals surface area contributed by atoms with Gasteiger partial charge in [-0.1, -0.05) is 13.8 Å². The van der Waals surface area contributed by atoms with Crippen LogP contribution in [0.25, 0.3) is 0 Å². The molecule has 1 saturated carbocycles. The zero-order valence-electron chi connectivity index (χ0n) is 13.7. The van der Waals surface area contributed by atoms with E-state index in [0.29, 0.717) is 24.3 Å². The van der Waals surface area contributed by atoms with Gasteiger partial charge < -0.3 is 15.7 Å². The minimum absolute atomic E-state index is 0.104. The maximum absolute atomic E-state index is 12.0. The Morgan fingerprint density at radius 2 is 1.81 bits per heavy atom. The molecule has 4 heteroatoms. The molecular formula is C17H32N2O2. The Morgan fingerprint density at radius 1 is 1.19 bits per heavy atom. The van der Waals surface area contributed by atoms with Crippen molar-refractivity contribution < 1.29 is 9.90 Å². The third kappa shape index (κ3) is 5.59. The number of hydrogen-bond acceptors (Lipinski definition) is 3. The average Bonchev–Trinajstić information content (AvgIpc) is 2.48. The van der Waals surface area contributed by atoms with Crippen LogP contribution < -0.4 is 10.6 Å². The number of rotatable bonds is 5. The number of nitrogens with one attached hydrogen (secondary N) is 2. The summed E-state index contributed by atoms with van der Waals surface area (Å²) in [6.45, 7) is 7.10. The molecular weight excluding hydrogens is 264 g/mol. The highest BCUT2D eigenvalue weighted by molar-refractivity contribution is 5.75. The molecule has 21 heavy (non-hydrogen) atoms. The zero-order chi connectivity index (χ0) is 15.3. The van der Waals surface area contributed by atoms with E-state index < -0.39 is 5.60 Å². The first-order valence-electron chi connectivity index (χ1n) is 8.58. The van der Waals surface area contributed by atoms with Gasteiger partial charge in [0.25, 0.3) is 0 Å². The molecule has 0 spiro atoms. The third-order valence-electron chi connectivity index (χ3n) is 5.39. The van der Waals surface area contributed by atoms with E-state index in [1.807, 2.05) is 0 Å². The Hall–Kier alpha value is -0.610. The highest BCUT2D eigenvalue weighted by Crippen LogP contribution is 2.39. The van der Waals surface area contributed by atoms with Gasteiger partial charge in [0, 0.05) is 13.0 Å². The first-order chi connectivity index (χ1) is 9.89. The topological polar surface area (TPSA) is 61.4 Å². The minimum Gasteiger partial charge on any atom is -0.388 e. The van der Waals surface area contributed by atoms with Gasteiger partial charge in [-0.15, -0.1) is 0 Å². The largest absolute Gasteiger partial charge is 0.388 e. The smallest absolute Gasteiger partial charge is 0.220 e. The molecule has 2 fully saturated rings. The highest BCUT2D eigenvalue weighted by atomic mass is 16.3. The second-order valence-electron chi connectivity index (χ2n) is 7.90. The Kier molecular flexibility index (Phi) is 5.67. The van der Waals surface area contributed by atoms with Crippen LogP contribution in [0.2, 0.25) is 0 Å². The van der Waals surface area contributed by atoms with Crippen molar-refractivity contribution in [1.29, 1.82) is 0 Å². The number of carbonyl (C=O) groups is 1. The molecule has 0 atom stereocenters. The lowest BCUT2D eigenvalue weighted by atomic mass is 9.71. The molecule has 0 bridgehead atoms. The number of amides is 1. The summed E-state index contributed by atoms with van der Waals surface area (Å²) >= 11 is 0. The Balaban J connectivity index is 1.64. The van der Waals surface area contributed by atoms with Crippen LogP contribution in [-0.2, 0) is 4.79 Å². The fourth-order valence-corrected chi connectivity index (χ4v) is 3.43. The quantitative estimate of drug-likeness (QED) is 0.729. The van der Waals surface area contributed by atoms with Gasteiger partial charge >= 0.3 is 0 Å². The van der Waals surface area contributed by atoms with E-state index in [1.165, 1.54) is 12.8 Å². The summed E-state index contributed by atoms with van der Waals surface area (Å²) in [7, 11) is 0. The standard InChI is InChI=1S/C17H32N2O2/c1-16(2)7-9-17(21,10-8-16)13-19-15(20)4-3-14-5-11-18-12-6-14/h14,18,21H,3-13H2,1-2H3,(H,19,20). The van der Waals surface area contributed by atoms with E-state index in [2.05, 4.69) is 24.5 Å². The molecule has 1 aliphatic carbocycles. The van der Waals surface area contributed by atoms with Gasteiger partial charge in [-0.3, -0.25) is 4.79 Å². The molecule has 122 valence electrons. The van der Waals surface area contributed by atoms with Gasteiger partial charge in [0.15, 0.2) is 0 Å². The monoisotopic (exact) mass is 296 g/mol. The first-order valence-corrected chi connectivity index (χ1v) is 8.58. The second-order valence-corrected chi connectivity index (χ2v) is 7.90. The molecule has 1 saturated heterocycles. The van der Waals surface area contributed by atoms with Crippen LogP contribution in [-0.4, -0.2) is 36.2 Å². The fraction of sp³-hybridized carbons (Fsp3) is 0.941. The van der Waals surface area contributed by atoms with Crippen molar-refractivity contribution in [2.24, 2.45) is 11.3 Å². The molecule has 0 radical (unpaired) electrons. The maximum Gasteiger partial charge on any atom is 0.220 e. The Labute approximate surface area is 129 Å². The van der Waals surface area contributed by atoms with Gasteiger partial charge in [0.2, 0.25) is 5.91 Å². The van der Waals surface area contributed by atoms with E-state index in [0.717, 1.165) is 45.2 Å². The second kappa shape index (κ2) is 7.10. The molecule has 4 nitrogen and oxygen atoms in total. The number of carbonyl (C=O) groups excluding carboxylic acids is 1. The van der Waals surface area contributed by atoms with E-state index >= 15 is 0 Å². The summed E-state index contributed by atoms with van der Waals surface area (Å²) in [5, 5.41) is 16.9. The van der Waals surface area contributed by atoms with Crippen LogP contribution in [0, 0.1) is 11.3 Å². The first kappa shape index (κ1) is 16.8. The predicted octanol–water partition coefficient (Wildman–Crippen LogP) is 2.21. The lowest BCUT2D eigenvalue weighted by Gasteiger charge is -2.40. The third-order valence-corrected chi connectivity index (χ3v) is 5.39. The molecule has 0 aromatic carbocycles. The summed E-state index contributed by atoms with van der Waals surface area (Å²) in [6.07, 6.45) is 7.63. The van der Waals surface area contributed by atoms with Gasteiger partial charge in [-0.25, -0.2) is 0 Å². The van der Waals surface area contributed by atoms with Gasteiger partial charge in [-0.05, 0) is 69.4 Å². The van der Waals surface area contributed by atoms with Crippen molar-refractivity contribution in [3.8, 4) is 0 Å². The number of aliphatic hydroxyl groups is 1. The SMILES string of the molecule is CC1(C)CCC(O)(CNC(=O)CCC2CCNCC2)CC1. The van der Waals surface area contributed by atoms with Crippen LogP contribution in [0.4, 0.5) is 0 Å². The molecule has 1 heterocycles. The van der Waals surface area contributed by atoms with E-state index in [9.17, 15) is 9.90 Å². The van der Waals surface area contributed by atoms with Gasteiger partial charge in [0.05, 0.1) is 5.60 Å². The van der Waals surface area contributed by atoms with E-state index in [4.69, 9.17) is 0 Å². The molecule has 2 rings (SSSR count). The van der Waals surface area contributed by atoms with Crippen LogP contribution in [0.5, 0.6) is 0 Å². The van der Waals surface area contributed by atoms with Crippen molar-refractivity contribution in [1.82, 2.24) is 10.6 Å². The Morgan fingerprint density at radius 3 is 2.43 bits per heavy atom. The summed E-state index contributed by atoms with van der Waals surface area (Å²) < 4.78 is 0. The lowest BCUT2D eigenvalue weighted by Crippen LogP contribution is -2.46. The summed E-state index contributed by atoms with van der Waals surface area (Å²) in [5.41, 5.74) is -0.342. The predicted molar refractivity (Wildman–Crippen MR) is 85.0 cm³/mol. The van der Waals surface area contributed by atoms with Crippen LogP contribution in [0.1, 0.15) is 65.2 Å². The van der Waals surface area contributed by atoms with Crippen molar-refractivity contribution in [2.45, 2.75) is 70.8 Å². The average molecular weight is 296 g/mol. The Bertz CT molecular complexity index is 339. The fourth-order valence-electron chi connectivity index (χ4n) is 3.43. The van der Waals surface area contributed by atoms with E-state index in [1.54, 1.807) is 0 Å². The van der Waals surface area contributed by atoms with Crippen LogP contribution in [0.3, 0.4) is 0 Å². The summed E-state index contributed by atoms with van der Waals surface area (Å²) in [5.74, 6) is 0.794. The van der Waals surface area contributed by atoms with Crippen LogP contribution >= 0.6 is 0 Å². The zero-order valence-corrected chi connectivity index (χ0v) is 13.7.